The zero-order chi connectivity index (χ0) is 16.7. The van der Waals surface area contributed by atoms with E-state index in [2.05, 4.69) is 29.4 Å². The maximum absolute atomic E-state index is 11.9. The van der Waals surface area contributed by atoms with E-state index in [0.717, 1.165) is 17.0 Å². The predicted molar refractivity (Wildman–Crippen MR) is 90.7 cm³/mol. The number of benzene rings is 1. The van der Waals surface area contributed by atoms with Crippen molar-refractivity contribution >= 4 is 11.6 Å². The fraction of sp³-hybridized carbons (Fsp3) is 0.278. The topological polar surface area (TPSA) is 63.6 Å². The van der Waals surface area contributed by atoms with Crippen LogP contribution in [-0.4, -0.2) is 23.2 Å². The summed E-state index contributed by atoms with van der Waals surface area (Å²) in [4.78, 5) is 15.8. The number of pyridine rings is 1. The van der Waals surface area contributed by atoms with Crippen molar-refractivity contribution < 1.29 is 9.53 Å². The van der Waals surface area contributed by atoms with E-state index in [0.29, 0.717) is 18.1 Å². The number of hydrazone groups is 1. The van der Waals surface area contributed by atoms with Gasteiger partial charge in [0.1, 0.15) is 5.75 Å². The number of hydrogen-bond donors (Lipinski definition) is 1. The third-order valence-corrected chi connectivity index (χ3v) is 3.10. The first-order valence-electron chi connectivity index (χ1n) is 7.54. The Morgan fingerprint density at radius 2 is 1.96 bits per heavy atom. The summed E-state index contributed by atoms with van der Waals surface area (Å²) in [5.74, 6) is 1.03. The highest BCUT2D eigenvalue weighted by atomic mass is 16.5. The number of nitrogens with zero attached hydrogens (tertiary/aromatic N) is 2. The summed E-state index contributed by atoms with van der Waals surface area (Å²) in [6, 6.07) is 11.0. The van der Waals surface area contributed by atoms with Gasteiger partial charge in [-0.05, 0) is 54.8 Å². The van der Waals surface area contributed by atoms with Gasteiger partial charge in [-0.15, -0.1) is 0 Å². The Bertz CT molecular complexity index is 664. The van der Waals surface area contributed by atoms with Crippen molar-refractivity contribution in [3.8, 4) is 5.75 Å². The average molecular weight is 311 g/mol. The lowest BCUT2D eigenvalue weighted by Gasteiger charge is -2.09. The highest BCUT2D eigenvalue weighted by Crippen LogP contribution is 2.13. The number of aromatic nitrogens is 1. The molecule has 120 valence electrons. The third-order valence-electron chi connectivity index (χ3n) is 3.10. The molecule has 0 saturated carbocycles. The van der Waals surface area contributed by atoms with Crippen LogP contribution in [0.4, 0.5) is 0 Å². The second-order valence-electron chi connectivity index (χ2n) is 5.61. The molecule has 1 aromatic heterocycles. The first kappa shape index (κ1) is 16.7. The second kappa shape index (κ2) is 8.08. The number of hydrogen-bond acceptors (Lipinski definition) is 4. The van der Waals surface area contributed by atoms with Crippen LogP contribution in [-0.2, 0) is 0 Å². The van der Waals surface area contributed by atoms with Crippen molar-refractivity contribution in [2.75, 3.05) is 6.61 Å². The van der Waals surface area contributed by atoms with Crippen LogP contribution >= 0.6 is 0 Å². The quantitative estimate of drug-likeness (QED) is 0.658. The Kier molecular flexibility index (Phi) is 5.86. The second-order valence-corrected chi connectivity index (χ2v) is 5.61. The number of rotatable bonds is 6. The molecule has 23 heavy (non-hydrogen) atoms. The molecule has 2 rings (SSSR count). The zero-order valence-corrected chi connectivity index (χ0v) is 13.6. The van der Waals surface area contributed by atoms with Crippen molar-refractivity contribution in [3.05, 3.63) is 59.9 Å². The Labute approximate surface area is 136 Å². The van der Waals surface area contributed by atoms with Crippen LogP contribution in [0, 0.1) is 5.92 Å². The summed E-state index contributed by atoms with van der Waals surface area (Å²) in [5, 5.41) is 4.12. The molecule has 2 aromatic rings. The molecule has 0 aliphatic heterocycles. The lowest BCUT2D eigenvalue weighted by atomic mass is 10.1. The number of nitrogens with one attached hydrogen (secondary N) is 1. The van der Waals surface area contributed by atoms with Crippen LogP contribution in [0.2, 0.25) is 0 Å². The summed E-state index contributed by atoms with van der Waals surface area (Å²) >= 11 is 0. The molecule has 0 saturated heterocycles. The summed E-state index contributed by atoms with van der Waals surface area (Å²) in [7, 11) is 0. The highest BCUT2D eigenvalue weighted by Gasteiger charge is 2.05. The Hall–Kier alpha value is -2.69. The Balaban J connectivity index is 1.96. The summed E-state index contributed by atoms with van der Waals surface area (Å²) < 4.78 is 5.64. The molecule has 0 unspecified atom stereocenters. The van der Waals surface area contributed by atoms with Crippen LogP contribution < -0.4 is 10.2 Å². The van der Waals surface area contributed by atoms with Crippen LogP contribution in [0.3, 0.4) is 0 Å². The number of carbonyl (C=O) groups excluding carboxylic acids is 1. The fourth-order valence-corrected chi connectivity index (χ4v) is 1.82. The van der Waals surface area contributed by atoms with Crippen molar-refractivity contribution in [1.82, 2.24) is 10.4 Å². The molecule has 0 fully saturated rings. The molecular weight excluding hydrogens is 290 g/mol. The van der Waals surface area contributed by atoms with Gasteiger partial charge in [-0.25, -0.2) is 5.43 Å². The molecule has 0 aliphatic carbocycles. The molecule has 0 spiro atoms. The maximum Gasteiger partial charge on any atom is 0.272 e. The minimum atomic E-state index is -0.283. The van der Waals surface area contributed by atoms with E-state index in [4.69, 9.17) is 4.74 Å². The van der Waals surface area contributed by atoms with Gasteiger partial charge in [-0.1, -0.05) is 13.8 Å². The van der Waals surface area contributed by atoms with Crippen molar-refractivity contribution in [2.45, 2.75) is 20.8 Å². The smallest absolute Gasteiger partial charge is 0.272 e. The van der Waals surface area contributed by atoms with Gasteiger partial charge in [0.15, 0.2) is 0 Å². The van der Waals surface area contributed by atoms with E-state index < -0.39 is 0 Å². The number of carbonyl (C=O) groups is 1. The van der Waals surface area contributed by atoms with Gasteiger partial charge in [0.2, 0.25) is 0 Å². The minimum absolute atomic E-state index is 0.283. The van der Waals surface area contributed by atoms with Gasteiger partial charge in [0, 0.05) is 12.4 Å². The molecule has 1 amide bonds. The first-order valence-corrected chi connectivity index (χ1v) is 7.54. The minimum Gasteiger partial charge on any atom is -0.493 e. The molecule has 1 N–H and O–H groups in total. The van der Waals surface area contributed by atoms with Gasteiger partial charge >= 0.3 is 0 Å². The van der Waals surface area contributed by atoms with Gasteiger partial charge in [0.25, 0.3) is 5.91 Å². The molecular formula is C18H21N3O2. The summed E-state index contributed by atoms with van der Waals surface area (Å²) in [6.45, 7) is 6.74. The highest BCUT2D eigenvalue weighted by molar-refractivity contribution is 6.00. The van der Waals surface area contributed by atoms with Gasteiger partial charge < -0.3 is 4.74 Å². The first-order chi connectivity index (χ1) is 11.1. The van der Waals surface area contributed by atoms with Crippen LogP contribution in [0.15, 0.2) is 53.9 Å². The van der Waals surface area contributed by atoms with E-state index in [-0.39, 0.29) is 5.91 Å². The lowest BCUT2D eigenvalue weighted by Crippen LogP contribution is -2.19. The predicted octanol–water partition coefficient (Wildman–Crippen LogP) is 3.27. The van der Waals surface area contributed by atoms with Crippen molar-refractivity contribution in [1.29, 1.82) is 0 Å². The standard InChI is InChI=1S/C18H21N3O2/c1-13(2)12-23-17-8-6-15(7-9-17)14(3)20-21-18(22)16-5-4-10-19-11-16/h4-11,13H,12H2,1-3H3,(H,21,22)/b20-14+. The molecule has 0 aliphatic rings. The van der Waals surface area contributed by atoms with Crippen molar-refractivity contribution in [2.24, 2.45) is 11.0 Å². The molecule has 0 atom stereocenters. The van der Waals surface area contributed by atoms with Crippen LogP contribution in [0.5, 0.6) is 5.75 Å². The van der Waals surface area contributed by atoms with Gasteiger partial charge in [-0.2, -0.15) is 5.10 Å². The maximum atomic E-state index is 11.9. The third kappa shape index (κ3) is 5.21. The molecule has 1 aromatic carbocycles. The summed E-state index contributed by atoms with van der Waals surface area (Å²) in [6.07, 6.45) is 3.12. The number of ether oxygens (including phenoxy) is 1. The monoisotopic (exact) mass is 311 g/mol. The van der Waals surface area contributed by atoms with Gasteiger partial charge in [0.05, 0.1) is 17.9 Å². The van der Waals surface area contributed by atoms with Crippen LogP contribution in [0.1, 0.15) is 36.7 Å². The molecule has 0 radical (unpaired) electrons. The van der Waals surface area contributed by atoms with Crippen LogP contribution in [0.25, 0.3) is 0 Å². The van der Waals surface area contributed by atoms with E-state index in [1.807, 2.05) is 31.2 Å². The largest absolute Gasteiger partial charge is 0.493 e. The van der Waals surface area contributed by atoms with E-state index in [9.17, 15) is 4.79 Å². The Morgan fingerprint density at radius 1 is 1.22 bits per heavy atom. The molecule has 5 nitrogen and oxygen atoms in total. The molecule has 1 heterocycles. The fourth-order valence-electron chi connectivity index (χ4n) is 1.82. The van der Waals surface area contributed by atoms with Crippen molar-refractivity contribution in [3.63, 3.8) is 0 Å². The van der Waals surface area contributed by atoms with E-state index in [1.165, 1.54) is 6.20 Å². The van der Waals surface area contributed by atoms with Gasteiger partial charge in [-0.3, -0.25) is 9.78 Å². The average Bonchev–Trinajstić information content (AvgIpc) is 2.58. The molecule has 0 bridgehead atoms. The zero-order valence-electron chi connectivity index (χ0n) is 13.6. The Morgan fingerprint density at radius 3 is 2.57 bits per heavy atom. The lowest BCUT2D eigenvalue weighted by molar-refractivity contribution is 0.0954. The summed E-state index contributed by atoms with van der Waals surface area (Å²) in [5.41, 5.74) is 4.65. The van der Waals surface area contributed by atoms with E-state index in [1.54, 1.807) is 18.3 Å². The number of amides is 1. The van der Waals surface area contributed by atoms with E-state index >= 15 is 0 Å². The molecule has 5 heteroatoms. The normalized spacial score (nSPS) is 11.4. The SMILES string of the molecule is C/C(=N\NC(=O)c1cccnc1)c1ccc(OCC(C)C)cc1.